The lowest BCUT2D eigenvalue weighted by Gasteiger charge is -2.17. The van der Waals surface area contributed by atoms with Gasteiger partial charge in [-0.05, 0) is 74.6 Å². The summed E-state index contributed by atoms with van der Waals surface area (Å²) >= 11 is 0. The number of carbonyl (C=O) groups excluding carboxylic acids is 1. The maximum absolute atomic E-state index is 12.8. The number of carbonyl (C=O) groups is 1. The summed E-state index contributed by atoms with van der Waals surface area (Å²) < 4.78 is 13.8. The second-order valence-electron chi connectivity index (χ2n) is 9.47. The Morgan fingerprint density at radius 1 is 1.05 bits per heavy atom. The zero-order valence-corrected chi connectivity index (χ0v) is 22.7. The molecule has 0 aliphatic heterocycles. The van der Waals surface area contributed by atoms with E-state index in [0.717, 1.165) is 64.4 Å². The molecule has 0 aliphatic rings. The van der Waals surface area contributed by atoms with E-state index in [-0.39, 0.29) is 11.9 Å². The van der Waals surface area contributed by atoms with Crippen molar-refractivity contribution in [2.75, 3.05) is 13.7 Å². The fourth-order valence-electron chi connectivity index (χ4n) is 4.65. The Bertz CT molecular complexity index is 1410. The van der Waals surface area contributed by atoms with Gasteiger partial charge in [0.15, 0.2) is 11.5 Å². The lowest BCUT2D eigenvalue weighted by Crippen LogP contribution is -2.30. The number of para-hydroxylation sites is 2. The molecule has 0 bridgehead atoms. The lowest BCUT2D eigenvalue weighted by molar-refractivity contribution is -0.121. The Kier molecular flexibility index (Phi) is 9.20. The second kappa shape index (κ2) is 13.0. The quantitative estimate of drug-likeness (QED) is 0.216. The number of ether oxygens (including phenoxy) is 2. The van der Waals surface area contributed by atoms with Crippen LogP contribution in [0, 0.1) is 6.92 Å². The van der Waals surface area contributed by atoms with Crippen molar-refractivity contribution < 1.29 is 14.3 Å². The Balaban J connectivity index is 1.38. The molecule has 1 N–H and O–H groups in total. The fraction of sp³-hybridized carbons (Fsp3) is 0.312. The number of nitrogens with zero attached hydrogens (tertiary/aromatic N) is 2. The van der Waals surface area contributed by atoms with Crippen LogP contribution in [0.4, 0.5) is 0 Å². The van der Waals surface area contributed by atoms with Gasteiger partial charge in [0.1, 0.15) is 5.82 Å². The van der Waals surface area contributed by atoms with Gasteiger partial charge in [0.05, 0.1) is 37.2 Å². The number of rotatable bonds is 12. The topological polar surface area (TPSA) is 65.4 Å². The maximum atomic E-state index is 12.8. The SMILES string of the molecule is C/C=C/c1ccc(OCCCCn2c(C(C)NC(=O)Cc3ccccc3C)nc3ccccc32)c(OC)c1. The number of unbranched alkanes of at least 4 members (excludes halogenated alkanes) is 1. The van der Waals surface area contributed by atoms with E-state index in [4.69, 9.17) is 14.5 Å². The number of hydrogen-bond acceptors (Lipinski definition) is 4. The van der Waals surface area contributed by atoms with Gasteiger partial charge in [0.2, 0.25) is 5.91 Å². The highest BCUT2D eigenvalue weighted by molar-refractivity contribution is 5.80. The minimum Gasteiger partial charge on any atom is -0.493 e. The first-order valence-corrected chi connectivity index (χ1v) is 13.2. The first-order valence-electron chi connectivity index (χ1n) is 13.2. The molecule has 38 heavy (non-hydrogen) atoms. The van der Waals surface area contributed by atoms with Gasteiger partial charge >= 0.3 is 0 Å². The van der Waals surface area contributed by atoms with Crippen molar-refractivity contribution in [3.05, 3.63) is 95.3 Å². The van der Waals surface area contributed by atoms with Crippen LogP contribution in [0.5, 0.6) is 11.5 Å². The van der Waals surface area contributed by atoms with E-state index in [1.165, 1.54) is 0 Å². The van der Waals surface area contributed by atoms with Crippen LogP contribution in [-0.2, 0) is 17.8 Å². The van der Waals surface area contributed by atoms with Crippen LogP contribution in [0.1, 0.15) is 55.2 Å². The number of allylic oxidation sites excluding steroid dienone is 1. The summed E-state index contributed by atoms with van der Waals surface area (Å²) in [6.45, 7) is 7.40. The molecule has 0 aliphatic carbocycles. The predicted octanol–water partition coefficient (Wildman–Crippen LogP) is 6.67. The molecular weight excluding hydrogens is 474 g/mol. The highest BCUT2D eigenvalue weighted by Crippen LogP contribution is 2.29. The third-order valence-electron chi connectivity index (χ3n) is 6.64. The molecule has 198 valence electrons. The Morgan fingerprint density at radius 3 is 2.63 bits per heavy atom. The van der Waals surface area contributed by atoms with E-state index in [2.05, 4.69) is 16.0 Å². The highest BCUT2D eigenvalue weighted by Gasteiger charge is 2.19. The molecular formula is C32H37N3O3. The van der Waals surface area contributed by atoms with Gasteiger partial charge in [-0.2, -0.15) is 0 Å². The molecule has 1 heterocycles. The first kappa shape index (κ1) is 27.0. The number of nitrogens with one attached hydrogen (secondary N) is 1. The van der Waals surface area contributed by atoms with Gasteiger partial charge in [-0.3, -0.25) is 4.79 Å². The van der Waals surface area contributed by atoms with Crippen LogP contribution in [0.3, 0.4) is 0 Å². The summed E-state index contributed by atoms with van der Waals surface area (Å²) in [5, 5.41) is 3.16. The normalized spacial score (nSPS) is 12.1. The first-order chi connectivity index (χ1) is 18.5. The Labute approximate surface area is 225 Å². The summed E-state index contributed by atoms with van der Waals surface area (Å²) in [4.78, 5) is 17.7. The molecule has 0 saturated carbocycles. The number of imidazole rings is 1. The Morgan fingerprint density at radius 2 is 1.84 bits per heavy atom. The third kappa shape index (κ3) is 6.62. The van der Waals surface area contributed by atoms with Gasteiger partial charge in [0.25, 0.3) is 0 Å². The molecule has 0 spiro atoms. The van der Waals surface area contributed by atoms with Crippen molar-refractivity contribution in [3.63, 3.8) is 0 Å². The van der Waals surface area contributed by atoms with Crippen molar-refractivity contribution in [2.24, 2.45) is 0 Å². The average Bonchev–Trinajstić information content (AvgIpc) is 3.29. The molecule has 0 radical (unpaired) electrons. The average molecular weight is 512 g/mol. The highest BCUT2D eigenvalue weighted by atomic mass is 16.5. The minimum atomic E-state index is -0.213. The van der Waals surface area contributed by atoms with E-state index in [1.54, 1.807) is 7.11 Å². The van der Waals surface area contributed by atoms with E-state index >= 15 is 0 Å². The van der Waals surface area contributed by atoms with Gasteiger partial charge in [-0.15, -0.1) is 0 Å². The second-order valence-corrected chi connectivity index (χ2v) is 9.47. The minimum absolute atomic E-state index is 0.00630. The summed E-state index contributed by atoms with van der Waals surface area (Å²) in [6, 6.07) is 21.9. The Hall–Kier alpha value is -4.06. The van der Waals surface area contributed by atoms with Gasteiger partial charge in [-0.1, -0.05) is 54.6 Å². The number of aryl methyl sites for hydroxylation is 2. The van der Waals surface area contributed by atoms with E-state index in [0.29, 0.717) is 13.0 Å². The van der Waals surface area contributed by atoms with Crippen molar-refractivity contribution in [2.45, 2.75) is 52.6 Å². The van der Waals surface area contributed by atoms with Crippen LogP contribution in [0.15, 0.2) is 72.8 Å². The smallest absolute Gasteiger partial charge is 0.225 e. The van der Waals surface area contributed by atoms with Gasteiger partial charge < -0.3 is 19.4 Å². The predicted molar refractivity (Wildman–Crippen MR) is 154 cm³/mol. The number of hydrogen-bond donors (Lipinski definition) is 1. The van der Waals surface area contributed by atoms with Crippen LogP contribution < -0.4 is 14.8 Å². The van der Waals surface area contributed by atoms with Crippen molar-refractivity contribution in [3.8, 4) is 11.5 Å². The molecule has 1 aromatic heterocycles. The molecule has 6 nitrogen and oxygen atoms in total. The molecule has 1 atom stereocenters. The third-order valence-corrected chi connectivity index (χ3v) is 6.64. The summed E-state index contributed by atoms with van der Waals surface area (Å²) in [7, 11) is 1.66. The van der Waals surface area contributed by atoms with Gasteiger partial charge in [-0.25, -0.2) is 4.98 Å². The fourth-order valence-corrected chi connectivity index (χ4v) is 4.65. The van der Waals surface area contributed by atoms with Crippen LogP contribution in [0.25, 0.3) is 17.1 Å². The zero-order valence-electron chi connectivity index (χ0n) is 22.7. The number of methoxy groups -OCH3 is 1. The molecule has 1 amide bonds. The maximum Gasteiger partial charge on any atom is 0.225 e. The zero-order chi connectivity index (χ0) is 26.9. The van der Waals surface area contributed by atoms with Crippen LogP contribution in [-0.4, -0.2) is 29.2 Å². The van der Waals surface area contributed by atoms with E-state index in [1.807, 2.05) is 93.6 Å². The van der Waals surface area contributed by atoms with Crippen molar-refractivity contribution in [1.29, 1.82) is 0 Å². The standard InChI is InChI=1S/C32H37N3O3/c1-5-12-25-17-18-29(30(21-25)37-4)38-20-11-10-19-35-28-16-9-8-15-27(28)34-32(35)24(3)33-31(36)22-26-14-7-6-13-23(26)2/h5-9,12-18,21,24H,10-11,19-20,22H2,1-4H3,(H,33,36)/b12-5+. The number of benzene rings is 3. The van der Waals surface area contributed by atoms with Gasteiger partial charge in [0, 0.05) is 6.54 Å². The van der Waals surface area contributed by atoms with Crippen LogP contribution in [0.2, 0.25) is 0 Å². The molecule has 3 aromatic carbocycles. The largest absolute Gasteiger partial charge is 0.493 e. The summed E-state index contributed by atoms with van der Waals surface area (Å²) in [6.07, 6.45) is 6.18. The molecule has 0 fully saturated rings. The monoisotopic (exact) mass is 511 g/mol. The number of aromatic nitrogens is 2. The molecule has 4 aromatic rings. The van der Waals surface area contributed by atoms with Crippen molar-refractivity contribution >= 4 is 23.0 Å². The number of amides is 1. The van der Waals surface area contributed by atoms with E-state index < -0.39 is 0 Å². The number of fused-ring (bicyclic) bond motifs is 1. The molecule has 0 saturated heterocycles. The molecule has 6 heteroatoms. The summed E-state index contributed by atoms with van der Waals surface area (Å²) in [5.74, 6) is 2.35. The van der Waals surface area contributed by atoms with E-state index in [9.17, 15) is 4.79 Å². The van der Waals surface area contributed by atoms with Crippen molar-refractivity contribution in [1.82, 2.24) is 14.9 Å². The molecule has 4 rings (SSSR count). The lowest BCUT2D eigenvalue weighted by atomic mass is 10.1. The summed E-state index contributed by atoms with van der Waals surface area (Å²) in [5.41, 5.74) is 5.25. The molecule has 1 unspecified atom stereocenters. The van der Waals surface area contributed by atoms with Crippen LogP contribution >= 0.6 is 0 Å².